The van der Waals surface area contributed by atoms with Gasteiger partial charge in [-0.1, -0.05) is 25.1 Å². The second kappa shape index (κ2) is 11.1. The fourth-order valence-electron chi connectivity index (χ4n) is 2.89. The molecule has 1 N–H and O–H groups in total. The maximum absolute atomic E-state index is 13.1. The van der Waals surface area contributed by atoms with E-state index in [0.29, 0.717) is 22.7 Å². The highest BCUT2D eigenvalue weighted by Crippen LogP contribution is 2.31. The average molecular weight is 465 g/mol. The summed E-state index contributed by atoms with van der Waals surface area (Å²) in [4.78, 5) is 14.8. The molecule has 9 heteroatoms. The van der Waals surface area contributed by atoms with Crippen molar-refractivity contribution in [2.24, 2.45) is 0 Å². The van der Waals surface area contributed by atoms with E-state index in [4.69, 9.17) is 13.7 Å². The van der Waals surface area contributed by atoms with Gasteiger partial charge in [0.05, 0.1) is 25.2 Å². The number of para-hydroxylation sites is 2. The summed E-state index contributed by atoms with van der Waals surface area (Å²) in [5.74, 6) is 0.948. The number of carbonyl (C=O) groups excluding carboxylic acids is 1. The molecule has 0 aromatic heterocycles. The fraction of sp³-hybridized carbons (Fsp3) is 0.435. The SMILES string of the molecule is CC[C@@H](C)N(Cc1ccc(OC)c(OS(=O)(=O)C(C)C)c1)C(=O)Nc1ccccc1OC. The van der Waals surface area contributed by atoms with Crippen molar-refractivity contribution < 1.29 is 26.9 Å². The van der Waals surface area contributed by atoms with Crippen molar-refractivity contribution in [2.45, 2.75) is 52.0 Å². The van der Waals surface area contributed by atoms with E-state index in [-0.39, 0.29) is 24.4 Å². The third-order valence-electron chi connectivity index (χ3n) is 5.10. The van der Waals surface area contributed by atoms with Crippen LogP contribution >= 0.6 is 0 Å². The Morgan fingerprint density at radius 3 is 2.25 bits per heavy atom. The number of rotatable bonds is 10. The van der Waals surface area contributed by atoms with Gasteiger partial charge in [-0.25, -0.2) is 4.79 Å². The molecule has 0 unspecified atom stereocenters. The summed E-state index contributed by atoms with van der Waals surface area (Å²) in [5, 5.41) is 2.19. The Balaban J connectivity index is 2.32. The van der Waals surface area contributed by atoms with Crippen LogP contribution in [0.4, 0.5) is 10.5 Å². The number of nitrogens with zero attached hydrogens (tertiary/aromatic N) is 1. The number of carbonyl (C=O) groups is 1. The Kier molecular flexibility index (Phi) is 8.77. The Morgan fingerprint density at radius 2 is 1.66 bits per heavy atom. The van der Waals surface area contributed by atoms with Crippen molar-refractivity contribution in [3.05, 3.63) is 48.0 Å². The van der Waals surface area contributed by atoms with Gasteiger partial charge in [-0.2, -0.15) is 8.42 Å². The summed E-state index contributed by atoms with van der Waals surface area (Å²) < 4.78 is 40.4. The average Bonchev–Trinajstić information content (AvgIpc) is 2.77. The lowest BCUT2D eigenvalue weighted by Crippen LogP contribution is -2.40. The Labute approximate surface area is 190 Å². The summed E-state index contributed by atoms with van der Waals surface area (Å²) in [6.45, 7) is 7.27. The lowest BCUT2D eigenvalue weighted by molar-refractivity contribution is 0.187. The molecule has 0 saturated heterocycles. The normalized spacial score (nSPS) is 12.2. The monoisotopic (exact) mass is 464 g/mol. The lowest BCUT2D eigenvalue weighted by atomic mass is 10.1. The summed E-state index contributed by atoms with van der Waals surface area (Å²) in [5.41, 5.74) is 1.27. The molecule has 0 aliphatic heterocycles. The highest BCUT2D eigenvalue weighted by atomic mass is 32.2. The molecule has 8 nitrogen and oxygen atoms in total. The van der Waals surface area contributed by atoms with Crippen molar-refractivity contribution in [3.8, 4) is 17.2 Å². The zero-order valence-corrected chi connectivity index (χ0v) is 20.2. The highest BCUT2D eigenvalue weighted by Gasteiger charge is 2.23. The Bertz CT molecular complexity index is 1020. The number of benzene rings is 2. The van der Waals surface area contributed by atoms with Gasteiger partial charge in [-0.3, -0.25) is 0 Å². The van der Waals surface area contributed by atoms with Gasteiger partial charge in [-0.05, 0) is 57.0 Å². The van der Waals surface area contributed by atoms with Crippen LogP contribution in [0.15, 0.2) is 42.5 Å². The van der Waals surface area contributed by atoms with Gasteiger partial charge < -0.3 is 23.9 Å². The molecule has 32 heavy (non-hydrogen) atoms. The predicted molar refractivity (Wildman–Crippen MR) is 125 cm³/mol. The zero-order chi connectivity index (χ0) is 23.9. The first-order chi connectivity index (χ1) is 15.1. The van der Waals surface area contributed by atoms with Crippen molar-refractivity contribution in [1.29, 1.82) is 0 Å². The minimum absolute atomic E-state index is 0.0735. The standard InChI is InChI=1S/C23H32N2O6S/c1-7-17(4)25(23(26)24-19-10-8-9-11-20(19)29-5)15-18-12-13-21(30-6)22(14-18)31-32(27,28)16(2)3/h8-14,16-17H,7,15H2,1-6H3,(H,24,26)/t17-/m1/s1. The molecule has 2 aromatic carbocycles. The molecule has 0 heterocycles. The quantitative estimate of drug-likeness (QED) is 0.514. The van der Waals surface area contributed by atoms with Crippen LogP contribution in [0.2, 0.25) is 0 Å². The number of anilines is 1. The first kappa shape index (κ1) is 25.3. The van der Waals surface area contributed by atoms with Gasteiger partial charge >= 0.3 is 16.1 Å². The molecule has 2 aromatic rings. The van der Waals surface area contributed by atoms with E-state index in [2.05, 4.69) is 5.32 Å². The van der Waals surface area contributed by atoms with E-state index >= 15 is 0 Å². The maximum Gasteiger partial charge on any atom is 0.322 e. The number of methoxy groups -OCH3 is 2. The Hall–Kier alpha value is -2.94. The molecule has 176 valence electrons. The largest absolute Gasteiger partial charge is 0.495 e. The molecule has 0 spiro atoms. The second-order valence-electron chi connectivity index (χ2n) is 7.63. The molecular formula is C23H32N2O6S. The number of urea groups is 1. The molecular weight excluding hydrogens is 432 g/mol. The third kappa shape index (κ3) is 6.29. The third-order valence-corrected chi connectivity index (χ3v) is 6.66. The van der Waals surface area contributed by atoms with Crippen LogP contribution in [0.5, 0.6) is 17.2 Å². The van der Waals surface area contributed by atoms with Gasteiger partial charge in [-0.15, -0.1) is 0 Å². The summed E-state index contributed by atoms with van der Waals surface area (Å²) in [7, 11) is -0.818. The molecule has 0 aliphatic carbocycles. The van der Waals surface area contributed by atoms with Crippen LogP contribution < -0.4 is 19.0 Å². The Morgan fingerprint density at radius 1 is 1.00 bits per heavy atom. The van der Waals surface area contributed by atoms with E-state index in [9.17, 15) is 13.2 Å². The number of amides is 2. The van der Waals surface area contributed by atoms with E-state index in [0.717, 1.165) is 6.42 Å². The van der Waals surface area contributed by atoms with E-state index < -0.39 is 15.4 Å². The van der Waals surface area contributed by atoms with Crippen LogP contribution in [0.25, 0.3) is 0 Å². The highest BCUT2D eigenvalue weighted by molar-refractivity contribution is 7.87. The summed E-state index contributed by atoms with van der Waals surface area (Å²) >= 11 is 0. The topological polar surface area (TPSA) is 94.2 Å². The van der Waals surface area contributed by atoms with Gasteiger partial charge in [0.25, 0.3) is 0 Å². The molecule has 0 saturated carbocycles. The number of hydrogen-bond acceptors (Lipinski definition) is 6. The van der Waals surface area contributed by atoms with Crippen LogP contribution in [-0.4, -0.2) is 44.9 Å². The van der Waals surface area contributed by atoms with E-state index in [1.807, 2.05) is 26.0 Å². The minimum Gasteiger partial charge on any atom is -0.495 e. The molecule has 0 fully saturated rings. The summed E-state index contributed by atoms with van der Waals surface area (Å²) in [6, 6.07) is 11.8. The van der Waals surface area contributed by atoms with Crippen molar-refractivity contribution in [3.63, 3.8) is 0 Å². The summed E-state index contributed by atoms with van der Waals surface area (Å²) in [6.07, 6.45) is 0.737. The predicted octanol–water partition coefficient (Wildman–Crippen LogP) is 4.65. The molecule has 0 aliphatic rings. The van der Waals surface area contributed by atoms with Gasteiger partial charge in [0.15, 0.2) is 11.5 Å². The minimum atomic E-state index is -3.80. The van der Waals surface area contributed by atoms with Crippen LogP contribution in [0.1, 0.15) is 39.7 Å². The van der Waals surface area contributed by atoms with Crippen molar-refractivity contribution in [1.82, 2.24) is 4.90 Å². The number of nitrogens with one attached hydrogen (secondary N) is 1. The number of hydrogen-bond donors (Lipinski definition) is 1. The smallest absolute Gasteiger partial charge is 0.322 e. The molecule has 0 radical (unpaired) electrons. The van der Waals surface area contributed by atoms with Crippen molar-refractivity contribution >= 4 is 21.8 Å². The van der Waals surface area contributed by atoms with Gasteiger partial charge in [0.1, 0.15) is 5.75 Å². The van der Waals surface area contributed by atoms with E-state index in [1.165, 1.54) is 7.11 Å². The van der Waals surface area contributed by atoms with Crippen molar-refractivity contribution in [2.75, 3.05) is 19.5 Å². The van der Waals surface area contributed by atoms with Crippen LogP contribution in [-0.2, 0) is 16.7 Å². The van der Waals surface area contributed by atoms with E-state index in [1.54, 1.807) is 56.2 Å². The second-order valence-corrected chi connectivity index (χ2v) is 9.72. The van der Waals surface area contributed by atoms with Crippen LogP contribution in [0, 0.1) is 0 Å². The molecule has 0 bridgehead atoms. The number of ether oxygens (including phenoxy) is 2. The lowest BCUT2D eigenvalue weighted by Gasteiger charge is -2.29. The fourth-order valence-corrected chi connectivity index (χ4v) is 3.46. The zero-order valence-electron chi connectivity index (χ0n) is 19.4. The van der Waals surface area contributed by atoms with Gasteiger partial charge in [0.2, 0.25) is 0 Å². The first-order valence-corrected chi connectivity index (χ1v) is 11.9. The molecule has 1 atom stereocenters. The molecule has 2 rings (SSSR count). The maximum atomic E-state index is 13.1. The van der Waals surface area contributed by atoms with Crippen LogP contribution in [0.3, 0.4) is 0 Å². The van der Waals surface area contributed by atoms with Gasteiger partial charge in [0, 0.05) is 12.6 Å². The molecule has 2 amide bonds. The first-order valence-electron chi connectivity index (χ1n) is 10.4.